The molecule has 0 radical (unpaired) electrons. The molecule has 0 aliphatic heterocycles. The van der Waals surface area contributed by atoms with Gasteiger partial charge in [-0.2, -0.15) is 0 Å². The van der Waals surface area contributed by atoms with E-state index in [9.17, 15) is 14.4 Å². The average Bonchev–Trinajstić information content (AvgIpc) is 3.22. The van der Waals surface area contributed by atoms with Crippen LogP contribution in [0, 0.1) is 5.92 Å². The summed E-state index contributed by atoms with van der Waals surface area (Å²) in [6.07, 6.45) is 1.91. The molecule has 0 unspecified atom stereocenters. The quantitative estimate of drug-likeness (QED) is 0.365. The van der Waals surface area contributed by atoms with Crippen molar-refractivity contribution in [2.75, 3.05) is 17.2 Å². The van der Waals surface area contributed by atoms with Gasteiger partial charge in [-0.1, -0.05) is 6.92 Å². The van der Waals surface area contributed by atoms with Crippen LogP contribution in [-0.2, 0) is 17.6 Å². The molecule has 0 fully saturated rings. The fourth-order valence-electron chi connectivity index (χ4n) is 4.26. The molecule has 37 heavy (non-hydrogen) atoms. The summed E-state index contributed by atoms with van der Waals surface area (Å²) in [5, 5.41) is 6.16. The Morgan fingerprint density at radius 3 is 2.38 bits per heavy atom. The van der Waals surface area contributed by atoms with Crippen LogP contribution < -0.4 is 25.8 Å². The zero-order chi connectivity index (χ0) is 26.5. The first-order chi connectivity index (χ1) is 17.7. The van der Waals surface area contributed by atoms with Crippen molar-refractivity contribution in [2.45, 2.75) is 46.1 Å². The van der Waals surface area contributed by atoms with Gasteiger partial charge in [0, 0.05) is 16.1 Å². The van der Waals surface area contributed by atoms with Gasteiger partial charge in [-0.3, -0.25) is 14.4 Å². The summed E-state index contributed by atoms with van der Waals surface area (Å²) in [6, 6.07) is 13.6. The molecule has 1 aliphatic carbocycles. The van der Waals surface area contributed by atoms with Crippen LogP contribution >= 0.6 is 11.3 Å². The van der Waals surface area contributed by atoms with Gasteiger partial charge < -0.3 is 25.8 Å². The van der Waals surface area contributed by atoms with E-state index in [0.717, 1.165) is 35.5 Å². The Morgan fingerprint density at radius 2 is 1.73 bits per heavy atom. The smallest absolute Gasteiger partial charge is 0.265 e. The maximum atomic E-state index is 12.9. The van der Waals surface area contributed by atoms with Crippen LogP contribution in [0.4, 0.5) is 10.7 Å². The van der Waals surface area contributed by atoms with E-state index in [1.807, 2.05) is 6.92 Å². The lowest BCUT2D eigenvalue weighted by Crippen LogP contribution is -2.30. The number of benzene rings is 2. The molecule has 3 aromatic rings. The predicted octanol–water partition coefficient (Wildman–Crippen LogP) is 5.03. The van der Waals surface area contributed by atoms with Gasteiger partial charge in [-0.15, -0.1) is 11.3 Å². The molecular weight excluding hydrogens is 490 g/mol. The third-order valence-electron chi connectivity index (χ3n) is 6.22. The van der Waals surface area contributed by atoms with Gasteiger partial charge in [0.25, 0.3) is 17.7 Å². The number of hydrogen-bond donors (Lipinski definition) is 3. The number of nitrogens with one attached hydrogen (secondary N) is 2. The lowest BCUT2D eigenvalue weighted by molar-refractivity contribution is -0.122. The average molecular weight is 522 g/mol. The second-order valence-corrected chi connectivity index (χ2v) is 10.2. The standard InChI is InChI=1S/C28H31N3O5S/c1-4-35-20-12-8-19(9-13-20)30-26(33)17(3)36-21-10-6-18(7-11-21)27(34)31-28-24(25(29)32)22-14-5-16(2)15-23(22)37-28/h6-13,16-17H,4-5,14-15H2,1-3H3,(H2,29,32)(H,30,33)(H,31,34)/t16-,17-/m1/s1. The van der Waals surface area contributed by atoms with Crippen molar-refractivity contribution in [3.63, 3.8) is 0 Å². The van der Waals surface area contributed by atoms with Crippen LogP contribution in [0.25, 0.3) is 0 Å². The number of nitrogens with two attached hydrogens (primary N) is 1. The topological polar surface area (TPSA) is 120 Å². The lowest BCUT2D eigenvalue weighted by atomic mass is 9.88. The van der Waals surface area contributed by atoms with Gasteiger partial charge in [0.15, 0.2) is 6.10 Å². The number of thiophene rings is 1. The monoisotopic (exact) mass is 521 g/mol. The molecule has 1 aromatic heterocycles. The zero-order valence-electron chi connectivity index (χ0n) is 21.1. The fraction of sp³-hybridized carbons (Fsp3) is 0.321. The van der Waals surface area contributed by atoms with E-state index in [2.05, 4.69) is 17.6 Å². The normalized spacial score (nSPS) is 15.3. The van der Waals surface area contributed by atoms with E-state index in [4.69, 9.17) is 15.2 Å². The first-order valence-electron chi connectivity index (χ1n) is 12.3. The van der Waals surface area contributed by atoms with E-state index in [-0.39, 0.29) is 11.8 Å². The molecule has 1 heterocycles. The minimum atomic E-state index is -0.760. The summed E-state index contributed by atoms with van der Waals surface area (Å²) in [6.45, 7) is 6.30. The second-order valence-electron chi connectivity index (χ2n) is 9.11. The molecule has 1 aliphatic rings. The van der Waals surface area contributed by atoms with Gasteiger partial charge in [-0.25, -0.2) is 0 Å². The summed E-state index contributed by atoms with van der Waals surface area (Å²) >= 11 is 1.43. The Morgan fingerprint density at radius 1 is 1.05 bits per heavy atom. The maximum absolute atomic E-state index is 12.9. The van der Waals surface area contributed by atoms with Crippen LogP contribution in [0.2, 0.25) is 0 Å². The highest BCUT2D eigenvalue weighted by Crippen LogP contribution is 2.39. The van der Waals surface area contributed by atoms with E-state index in [1.54, 1.807) is 55.5 Å². The molecular formula is C28H31N3O5S. The Hall–Kier alpha value is -3.85. The molecule has 0 saturated carbocycles. The van der Waals surface area contributed by atoms with Crippen LogP contribution in [0.1, 0.15) is 58.3 Å². The molecule has 0 bridgehead atoms. The fourth-order valence-corrected chi connectivity index (χ4v) is 5.67. The molecule has 0 spiro atoms. The first kappa shape index (κ1) is 26.2. The van der Waals surface area contributed by atoms with Crippen molar-refractivity contribution in [3.05, 3.63) is 70.1 Å². The predicted molar refractivity (Wildman–Crippen MR) is 145 cm³/mol. The summed E-state index contributed by atoms with van der Waals surface area (Å²) in [4.78, 5) is 38.7. The number of ether oxygens (including phenoxy) is 2. The van der Waals surface area contributed by atoms with Crippen molar-refractivity contribution < 1.29 is 23.9 Å². The van der Waals surface area contributed by atoms with Crippen molar-refractivity contribution >= 4 is 39.7 Å². The van der Waals surface area contributed by atoms with Gasteiger partial charge in [0.2, 0.25) is 0 Å². The van der Waals surface area contributed by atoms with Crippen LogP contribution in [0.3, 0.4) is 0 Å². The van der Waals surface area contributed by atoms with E-state index in [0.29, 0.717) is 40.1 Å². The Labute approximate surface area is 220 Å². The zero-order valence-corrected chi connectivity index (χ0v) is 21.9. The number of carbonyl (C=O) groups is 3. The second kappa shape index (κ2) is 11.5. The van der Waals surface area contributed by atoms with E-state index >= 15 is 0 Å². The number of primary amides is 1. The summed E-state index contributed by atoms with van der Waals surface area (Å²) in [7, 11) is 0. The van der Waals surface area contributed by atoms with Gasteiger partial charge in [-0.05, 0) is 93.1 Å². The number of amides is 3. The number of fused-ring (bicyclic) bond motifs is 1. The molecule has 4 N–H and O–H groups in total. The summed E-state index contributed by atoms with van der Waals surface area (Å²) in [5.41, 5.74) is 8.07. The Balaban J connectivity index is 1.37. The van der Waals surface area contributed by atoms with Gasteiger partial charge in [0.05, 0.1) is 12.2 Å². The van der Waals surface area contributed by atoms with E-state index < -0.39 is 12.0 Å². The third-order valence-corrected chi connectivity index (χ3v) is 7.39. The molecule has 8 nitrogen and oxygen atoms in total. The first-order valence-corrected chi connectivity index (χ1v) is 13.1. The number of hydrogen-bond acceptors (Lipinski definition) is 6. The van der Waals surface area contributed by atoms with Crippen LogP contribution in [0.15, 0.2) is 48.5 Å². The number of anilines is 2. The summed E-state index contributed by atoms with van der Waals surface area (Å²) in [5.74, 6) is 0.539. The number of rotatable bonds is 9. The minimum Gasteiger partial charge on any atom is -0.494 e. The Kier molecular flexibility index (Phi) is 8.13. The molecule has 4 rings (SSSR count). The van der Waals surface area contributed by atoms with Crippen molar-refractivity contribution in [1.82, 2.24) is 0 Å². The number of carbonyl (C=O) groups excluding carboxylic acids is 3. The lowest BCUT2D eigenvalue weighted by Gasteiger charge is -2.18. The highest BCUT2D eigenvalue weighted by molar-refractivity contribution is 7.17. The Bertz CT molecular complexity index is 1280. The maximum Gasteiger partial charge on any atom is 0.265 e. The highest BCUT2D eigenvalue weighted by Gasteiger charge is 2.27. The molecule has 2 atom stereocenters. The molecule has 194 valence electrons. The van der Waals surface area contributed by atoms with E-state index in [1.165, 1.54) is 11.3 Å². The van der Waals surface area contributed by atoms with Gasteiger partial charge >= 0.3 is 0 Å². The minimum absolute atomic E-state index is 0.305. The van der Waals surface area contributed by atoms with Crippen LogP contribution in [-0.4, -0.2) is 30.4 Å². The molecule has 2 aromatic carbocycles. The largest absolute Gasteiger partial charge is 0.494 e. The molecule has 3 amide bonds. The van der Waals surface area contributed by atoms with Gasteiger partial charge in [0.1, 0.15) is 16.5 Å². The highest BCUT2D eigenvalue weighted by atomic mass is 32.1. The third kappa shape index (κ3) is 6.29. The molecule has 9 heteroatoms. The van der Waals surface area contributed by atoms with Crippen molar-refractivity contribution in [3.8, 4) is 11.5 Å². The SMILES string of the molecule is CCOc1ccc(NC(=O)[C@@H](C)Oc2ccc(C(=O)Nc3sc4c(c3C(N)=O)CC[C@@H](C)C4)cc2)cc1. The molecule has 0 saturated heterocycles. The van der Waals surface area contributed by atoms with Crippen molar-refractivity contribution in [2.24, 2.45) is 11.7 Å². The van der Waals surface area contributed by atoms with Crippen molar-refractivity contribution in [1.29, 1.82) is 0 Å². The van der Waals surface area contributed by atoms with Crippen LogP contribution in [0.5, 0.6) is 11.5 Å². The summed E-state index contributed by atoms with van der Waals surface area (Å²) < 4.78 is 11.2.